The third-order valence-corrected chi connectivity index (χ3v) is 2.03. The lowest BCUT2D eigenvalue weighted by Crippen LogP contribution is -2.44. The molecule has 0 spiro atoms. The molecule has 2 N–H and O–H groups in total. The highest BCUT2D eigenvalue weighted by Crippen LogP contribution is 2.09. The fourth-order valence-electron chi connectivity index (χ4n) is 1.25. The van der Waals surface area contributed by atoms with Crippen molar-refractivity contribution in [2.75, 3.05) is 20.3 Å². The lowest BCUT2D eigenvalue weighted by molar-refractivity contribution is 0.0617. The second-order valence-corrected chi connectivity index (χ2v) is 2.72. The number of aliphatic hydroxyl groups is 1. The smallest absolute Gasteiger partial charge is 0.0696 e. The monoisotopic (exact) mass is 175 g/mol. The molecule has 0 amide bonds. The number of ether oxygens (including phenoxy) is 1. The Hall–Kier alpha value is -0.120. The standard InChI is InChI=1S/C7H15NO2.C2H6/c1-10-7-3-2-6(5-9)8-4-7;1-2/h6-9H,2-5H2,1H3;1-2H3. The molecule has 2 atom stereocenters. The van der Waals surface area contributed by atoms with Gasteiger partial charge in [0.1, 0.15) is 0 Å². The molecule has 1 saturated heterocycles. The molecule has 0 aromatic carbocycles. The van der Waals surface area contributed by atoms with E-state index in [0.717, 1.165) is 19.4 Å². The van der Waals surface area contributed by atoms with Crippen molar-refractivity contribution in [2.24, 2.45) is 0 Å². The summed E-state index contributed by atoms with van der Waals surface area (Å²) in [5, 5.41) is 11.9. The molecule has 0 saturated carbocycles. The zero-order valence-electron chi connectivity index (χ0n) is 8.34. The molecule has 3 heteroatoms. The van der Waals surface area contributed by atoms with Gasteiger partial charge in [0.05, 0.1) is 12.7 Å². The van der Waals surface area contributed by atoms with Crippen LogP contribution in [0.5, 0.6) is 0 Å². The van der Waals surface area contributed by atoms with Crippen LogP contribution in [-0.2, 0) is 4.74 Å². The molecule has 3 nitrogen and oxygen atoms in total. The maximum Gasteiger partial charge on any atom is 0.0696 e. The van der Waals surface area contributed by atoms with Gasteiger partial charge in [-0.05, 0) is 12.8 Å². The van der Waals surface area contributed by atoms with Gasteiger partial charge in [-0.1, -0.05) is 13.8 Å². The van der Waals surface area contributed by atoms with E-state index in [1.54, 1.807) is 7.11 Å². The highest BCUT2D eigenvalue weighted by molar-refractivity contribution is 4.76. The number of hydrogen-bond donors (Lipinski definition) is 2. The largest absolute Gasteiger partial charge is 0.395 e. The minimum Gasteiger partial charge on any atom is -0.395 e. The van der Waals surface area contributed by atoms with Crippen LogP contribution in [0.25, 0.3) is 0 Å². The molecule has 0 aliphatic carbocycles. The Bertz CT molecular complexity index is 78.5. The average molecular weight is 175 g/mol. The van der Waals surface area contributed by atoms with Crippen molar-refractivity contribution < 1.29 is 9.84 Å². The van der Waals surface area contributed by atoms with E-state index in [-0.39, 0.29) is 6.61 Å². The van der Waals surface area contributed by atoms with E-state index in [1.165, 1.54) is 0 Å². The molecule has 0 aromatic rings. The van der Waals surface area contributed by atoms with Crippen molar-refractivity contribution in [3.8, 4) is 0 Å². The van der Waals surface area contributed by atoms with Gasteiger partial charge in [0.25, 0.3) is 0 Å². The van der Waals surface area contributed by atoms with Gasteiger partial charge in [-0.15, -0.1) is 0 Å². The SMILES string of the molecule is CC.COC1CCC(CO)NC1. The molecule has 0 aromatic heterocycles. The molecule has 1 aliphatic rings. The van der Waals surface area contributed by atoms with Gasteiger partial charge in [-0.2, -0.15) is 0 Å². The van der Waals surface area contributed by atoms with E-state index in [1.807, 2.05) is 13.8 Å². The van der Waals surface area contributed by atoms with Gasteiger partial charge in [-0.25, -0.2) is 0 Å². The molecule has 2 unspecified atom stereocenters. The molecular formula is C9H21NO2. The van der Waals surface area contributed by atoms with Gasteiger partial charge in [0.2, 0.25) is 0 Å². The van der Waals surface area contributed by atoms with Crippen LogP contribution in [0, 0.1) is 0 Å². The van der Waals surface area contributed by atoms with Crippen LogP contribution in [0.1, 0.15) is 26.7 Å². The Labute approximate surface area is 75.1 Å². The second-order valence-electron chi connectivity index (χ2n) is 2.72. The van der Waals surface area contributed by atoms with Crippen molar-refractivity contribution >= 4 is 0 Å². The van der Waals surface area contributed by atoms with E-state index in [0.29, 0.717) is 12.1 Å². The molecule has 0 radical (unpaired) electrons. The number of hydrogen-bond acceptors (Lipinski definition) is 3. The highest BCUT2D eigenvalue weighted by atomic mass is 16.5. The lowest BCUT2D eigenvalue weighted by atomic mass is 10.0. The summed E-state index contributed by atoms with van der Waals surface area (Å²) in [6.45, 7) is 5.12. The maximum absolute atomic E-state index is 8.75. The van der Waals surface area contributed by atoms with Gasteiger partial charge in [0.15, 0.2) is 0 Å². The second kappa shape index (κ2) is 7.53. The van der Waals surface area contributed by atoms with Crippen LogP contribution in [0.3, 0.4) is 0 Å². The molecule has 1 aliphatic heterocycles. The summed E-state index contributed by atoms with van der Waals surface area (Å²) < 4.78 is 5.14. The molecule has 74 valence electrons. The van der Waals surface area contributed by atoms with E-state index < -0.39 is 0 Å². The van der Waals surface area contributed by atoms with Gasteiger partial charge in [0, 0.05) is 19.7 Å². The Morgan fingerprint density at radius 2 is 2.08 bits per heavy atom. The Morgan fingerprint density at radius 1 is 1.42 bits per heavy atom. The minimum atomic E-state index is 0.246. The number of nitrogens with one attached hydrogen (secondary N) is 1. The predicted molar refractivity (Wildman–Crippen MR) is 50.3 cm³/mol. The lowest BCUT2D eigenvalue weighted by Gasteiger charge is -2.27. The summed E-state index contributed by atoms with van der Waals surface area (Å²) in [5.41, 5.74) is 0. The fraction of sp³-hybridized carbons (Fsp3) is 1.00. The Morgan fingerprint density at radius 3 is 2.42 bits per heavy atom. The molecule has 1 rings (SSSR count). The van der Waals surface area contributed by atoms with E-state index in [9.17, 15) is 0 Å². The first-order valence-corrected chi connectivity index (χ1v) is 4.74. The van der Waals surface area contributed by atoms with Crippen LogP contribution < -0.4 is 5.32 Å². The molecule has 0 bridgehead atoms. The van der Waals surface area contributed by atoms with Crippen LogP contribution in [0.4, 0.5) is 0 Å². The third-order valence-electron chi connectivity index (χ3n) is 2.03. The van der Waals surface area contributed by atoms with Gasteiger partial charge in [-0.3, -0.25) is 0 Å². The Balaban J connectivity index is 0.000000561. The van der Waals surface area contributed by atoms with Crippen LogP contribution in [0.15, 0.2) is 0 Å². The molecule has 1 fully saturated rings. The summed E-state index contributed by atoms with van der Waals surface area (Å²) >= 11 is 0. The fourth-order valence-corrected chi connectivity index (χ4v) is 1.25. The Kier molecular flexibility index (Phi) is 7.45. The summed E-state index contributed by atoms with van der Waals surface area (Å²) in [6, 6.07) is 0.298. The minimum absolute atomic E-state index is 0.246. The van der Waals surface area contributed by atoms with Crippen molar-refractivity contribution in [3.63, 3.8) is 0 Å². The summed E-state index contributed by atoms with van der Waals surface area (Å²) in [6.07, 6.45) is 2.44. The highest BCUT2D eigenvalue weighted by Gasteiger charge is 2.18. The average Bonchev–Trinajstić information content (AvgIpc) is 2.21. The van der Waals surface area contributed by atoms with Crippen molar-refractivity contribution in [1.29, 1.82) is 0 Å². The van der Waals surface area contributed by atoms with E-state index >= 15 is 0 Å². The topological polar surface area (TPSA) is 41.5 Å². The first-order chi connectivity index (χ1) is 5.86. The predicted octanol–water partition coefficient (Wildman–Crippen LogP) is 0.772. The molecular weight excluding hydrogens is 154 g/mol. The molecule has 1 heterocycles. The zero-order valence-corrected chi connectivity index (χ0v) is 8.34. The summed E-state index contributed by atoms with van der Waals surface area (Å²) in [5.74, 6) is 0. The van der Waals surface area contributed by atoms with Crippen LogP contribution >= 0.6 is 0 Å². The quantitative estimate of drug-likeness (QED) is 0.651. The van der Waals surface area contributed by atoms with E-state index in [4.69, 9.17) is 9.84 Å². The number of aliphatic hydroxyl groups excluding tert-OH is 1. The van der Waals surface area contributed by atoms with Gasteiger partial charge < -0.3 is 15.2 Å². The first kappa shape index (κ1) is 11.9. The normalized spacial score (nSPS) is 29.0. The van der Waals surface area contributed by atoms with E-state index in [2.05, 4.69) is 5.32 Å². The van der Waals surface area contributed by atoms with Crippen molar-refractivity contribution in [1.82, 2.24) is 5.32 Å². The number of piperidine rings is 1. The number of methoxy groups -OCH3 is 1. The third kappa shape index (κ3) is 4.04. The first-order valence-electron chi connectivity index (χ1n) is 4.74. The van der Waals surface area contributed by atoms with Gasteiger partial charge >= 0.3 is 0 Å². The number of rotatable bonds is 2. The zero-order chi connectivity index (χ0) is 9.40. The molecule has 12 heavy (non-hydrogen) atoms. The maximum atomic E-state index is 8.75. The summed E-state index contributed by atoms with van der Waals surface area (Å²) in [4.78, 5) is 0. The van der Waals surface area contributed by atoms with Crippen molar-refractivity contribution in [3.05, 3.63) is 0 Å². The summed E-state index contributed by atoms with van der Waals surface area (Å²) in [7, 11) is 1.73. The van der Waals surface area contributed by atoms with Crippen LogP contribution in [0.2, 0.25) is 0 Å². The van der Waals surface area contributed by atoms with Crippen molar-refractivity contribution in [2.45, 2.75) is 38.8 Å². The van der Waals surface area contributed by atoms with Crippen LogP contribution in [-0.4, -0.2) is 37.5 Å².